The third kappa shape index (κ3) is 4.38. The van der Waals surface area contributed by atoms with E-state index in [9.17, 15) is 9.90 Å². The molecule has 0 saturated carbocycles. The highest BCUT2D eigenvalue weighted by molar-refractivity contribution is 8.40. The second-order valence-corrected chi connectivity index (χ2v) is 7.70. The summed E-state index contributed by atoms with van der Waals surface area (Å²) < 4.78 is 2.92. The molecule has 0 aromatic heterocycles. The molecule has 1 aromatic carbocycles. The van der Waals surface area contributed by atoms with Gasteiger partial charge in [-0.05, 0) is 61.4 Å². The molecule has 22 heavy (non-hydrogen) atoms. The molecular formula is C16H21N2O2S2+. The van der Waals surface area contributed by atoms with E-state index in [0.29, 0.717) is 6.54 Å². The summed E-state index contributed by atoms with van der Waals surface area (Å²) in [5.74, 6) is 1.24. The van der Waals surface area contributed by atoms with Gasteiger partial charge in [0.2, 0.25) is 0 Å². The van der Waals surface area contributed by atoms with Crippen molar-refractivity contribution in [1.29, 1.82) is 0 Å². The van der Waals surface area contributed by atoms with Gasteiger partial charge in [-0.2, -0.15) is 0 Å². The first-order valence-corrected chi connectivity index (χ1v) is 8.96. The van der Waals surface area contributed by atoms with Crippen molar-refractivity contribution in [2.24, 2.45) is 0 Å². The number of aromatic hydroxyl groups is 1. The maximum absolute atomic E-state index is 12.6. The summed E-state index contributed by atoms with van der Waals surface area (Å²) in [5, 5.41) is 9.33. The highest BCUT2D eigenvalue weighted by Crippen LogP contribution is 2.33. The standard InChI is InChI=1S/C16H20N2O2S2/c1-4-21-16-18(10-9-17(2)3)15(20)14(22-16)11-12-5-7-13(19)8-6-12/h5-8,11H,4,9-10H2,1-3H3/p+1. The van der Waals surface area contributed by atoms with Crippen LogP contribution >= 0.6 is 23.5 Å². The van der Waals surface area contributed by atoms with E-state index in [1.165, 1.54) is 11.8 Å². The third-order valence-corrected chi connectivity index (χ3v) is 5.37. The summed E-state index contributed by atoms with van der Waals surface area (Å²) in [7, 11) is 4.01. The van der Waals surface area contributed by atoms with E-state index in [4.69, 9.17) is 0 Å². The Bertz CT molecular complexity index is 607. The van der Waals surface area contributed by atoms with Gasteiger partial charge in [0.05, 0.1) is 6.54 Å². The molecule has 1 amide bonds. The van der Waals surface area contributed by atoms with Crippen molar-refractivity contribution in [2.75, 3.05) is 32.9 Å². The van der Waals surface area contributed by atoms with Gasteiger partial charge in [0.15, 0.2) is 6.54 Å². The molecule has 1 heterocycles. The van der Waals surface area contributed by atoms with Crippen molar-refractivity contribution in [3.8, 4) is 5.75 Å². The molecule has 1 aliphatic heterocycles. The van der Waals surface area contributed by atoms with Gasteiger partial charge in [0, 0.05) is 5.75 Å². The number of rotatable bonds is 5. The first-order valence-electron chi connectivity index (χ1n) is 7.16. The quantitative estimate of drug-likeness (QED) is 0.661. The van der Waals surface area contributed by atoms with Crippen molar-refractivity contribution >= 4 is 39.9 Å². The van der Waals surface area contributed by atoms with Crippen molar-refractivity contribution in [3.05, 3.63) is 34.7 Å². The van der Waals surface area contributed by atoms with Crippen LogP contribution in [-0.2, 0) is 4.79 Å². The lowest BCUT2D eigenvalue weighted by Gasteiger charge is -2.06. The number of phenolic OH excluding ortho intramolecular Hbond substituents is 1. The van der Waals surface area contributed by atoms with Crippen molar-refractivity contribution in [2.45, 2.75) is 6.92 Å². The van der Waals surface area contributed by atoms with Crippen molar-refractivity contribution < 1.29 is 14.5 Å². The minimum Gasteiger partial charge on any atom is -0.508 e. The Labute approximate surface area is 139 Å². The van der Waals surface area contributed by atoms with Crippen LogP contribution < -0.4 is 0 Å². The molecule has 0 radical (unpaired) electrons. The number of thioether (sulfide) groups is 2. The lowest BCUT2D eigenvalue weighted by Crippen LogP contribution is -2.28. The summed E-state index contributed by atoms with van der Waals surface area (Å²) >= 11 is 3.24. The lowest BCUT2D eigenvalue weighted by molar-refractivity contribution is -0.437. The summed E-state index contributed by atoms with van der Waals surface area (Å²) in [6.07, 6.45) is 1.89. The summed E-state index contributed by atoms with van der Waals surface area (Å²) in [6.45, 7) is 3.63. The predicted octanol–water partition coefficient (Wildman–Crippen LogP) is 2.69. The number of phenols is 1. The van der Waals surface area contributed by atoms with Gasteiger partial charge in [-0.15, -0.1) is 4.58 Å². The smallest absolute Gasteiger partial charge is 0.427 e. The first kappa shape index (κ1) is 17.1. The third-order valence-electron chi connectivity index (χ3n) is 3.10. The normalized spacial score (nSPS) is 17.1. The van der Waals surface area contributed by atoms with E-state index in [0.717, 1.165) is 27.1 Å². The highest BCUT2D eigenvalue weighted by atomic mass is 32.2. The topological polar surface area (TPSA) is 43.5 Å². The van der Waals surface area contributed by atoms with Gasteiger partial charge in [0.1, 0.15) is 10.7 Å². The molecule has 1 N–H and O–H groups in total. The average Bonchev–Trinajstić information content (AvgIpc) is 2.76. The van der Waals surface area contributed by atoms with E-state index in [-0.39, 0.29) is 11.7 Å². The minimum absolute atomic E-state index is 0.0656. The number of amides is 1. The van der Waals surface area contributed by atoms with Crippen LogP contribution in [0.5, 0.6) is 5.75 Å². The van der Waals surface area contributed by atoms with Crippen LogP contribution in [0.1, 0.15) is 12.5 Å². The summed E-state index contributed by atoms with van der Waals surface area (Å²) in [4.78, 5) is 15.4. The van der Waals surface area contributed by atoms with Gasteiger partial charge in [0.25, 0.3) is 4.38 Å². The van der Waals surface area contributed by atoms with E-state index >= 15 is 0 Å². The molecular weight excluding hydrogens is 316 g/mol. The molecule has 4 nitrogen and oxygen atoms in total. The Kier molecular flexibility index (Phi) is 6.11. The molecule has 0 bridgehead atoms. The van der Waals surface area contributed by atoms with Gasteiger partial charge >= 0.3 is 5.91 Å². The number of hydrogen-bond donors (Lipinski definition) is 1. The molecule has 0 aliphatic carbocycles. The van der Waals surface area contributed by atoms with E-state index in [2.05, 4.69) is 11.8 Å². The molecule has 0 fully saturated rings. The van der Waals surface area contributed by atoms with Gasteiger partial charge < -0.3 is 10.0 Å². The van der Waals surface area contributed by atoms with Crippen LogP contribution in [0, 0.1) is 0 Å². The summed E-state index contributed by atoms with van der Waals surface area (Å²) in [5.41, 5.74) is 0.920. The zero-order chi connectivity index (χ0) is 16.1. The van der Waals surface area contributed by atoms with Crippen LogP contribution in [0.3, 0.4) is 0 Å². The Morgan fingerprint density at radius 2 is 2.00 bits per heavy atom. The summed E-state index contributed by atoms with van der Waals surface area (Å²) in [6, 6.07) is 6.88. The Morgan fingerprint density at radius 1 is 1.32 bits per heavy atom. The average molecular weight is 337 g/mol. The molecule has 0 atom stereocenters. The predicted molar refractivity (Wildman–Crippen MR) is 95.5 cm³/mol. The zero-order valence-electron chi connectivity index (χ0n) is 13.1. The van der Waals surface area contributed by atoms with Crippen LogP contribution in [0.15, 0.2) is 29.2 Å². The Morgan fingerprint density at radius 3 is 2.59 bits per heavy atom. The van der Waals surface area contributed by atoms with E-state index < -0.39 is 0 Å². The SMILES string of the molecule is CCSC1=[N+](CCN(C)C)C(=O)/C(=C/c2ccc(O)cc2)S1. The molecule has 0 spiro atoms. The fourth-order valence-corrected chi connectivity index (χ4v) is 4.25. The molecule has 1 aliphatic rings. The molecule has 0 unspecified atom stereocenters. The number of nitrogens with zero attached hydrogens (tertiary/aromatic N) is 2. The maximum Gasteiger partial charge on any atom is 0.427 e. The number of carbonyl (C=O) groups is 1. The van der Waals surface area contributed by atoms with Gasteiger partial charge in [-0.25, -0.2) is 4.79 Å². The minimum atomic E-state index is 0.0656. The second kappa shape index (κ2) is 7.85. The maximum atomic E-state index is 12.6. The van der Waals surface area contributed by atoms with Crippen molar-refractivity contribution in [3.63, 3.8) is 0 Å². The van der Waals surface area contributed by atoms with Crippen LogP contribution in [0.4, 0.5) is 0 Å². The largest absolute Gasteiger partial charge is 0.508 e. The lowest BCUT2D eigenvalue weighted by atomic mass is 10.2. The van der Waals surface area contributed by atoms with E-state index in [1.54, 1.807) is 23.9 Å². The van der Waals surface area contributed by atoms with Crippen LogP contribution in [0.2, 0.25) is 0 Å². The van der Waals surface area contributed by atoms with Gasteiger partial charge in [-0.1, -0.05) is 19.1 Å². The van der Waals surface area contributed by atoms with Gasteiger partial charge in [-0.3, -0.25) is 0 Å². The van der Waals surface area contributed by atoms with Crippen LogP contribution in [-0.4, -0.2) is 57.8 Å². The number of benzene rings is 1. The van der Waals surface area contributed by atoms with Crippen LogP contribution in [0.25, 0.3) is 6.08 Å². The molecule has 0 saturated heterocycles. The first-order chi connectivity index (χ1) is 10.5. The number of hydrogen-bond acceptors (Lipinski definition) is 5. The number of likely N-dealkylation sites (N-methyl/N-ethyl adjacent to an activating group) is 1. The molecule has 1 aromatic rings. The molecule has 6 heteroatoms. The number of carbonyl (C=O) groups excluding carboxylic acids is 1. The highest BCUT2D eigenvalue weighted by Gasteiger charge is 2.37. The zero-order valence-corrected chi connectivity index (χ0v) is 14.7. The fourth-order valence-electron chi connectivity index (χ4n) is 1.95. The molecule has 118 valence electrons. The van der Waals surface area contributed by atoms with E-state index in [1.807, 2.05) is 36.9 Å². The second-order valence-electron chi connectivity index (χ2n) is 5.16. The fraction of sp³-hybridized carbons (Fsp3) is 0.375. The monoisotopic (exact) mass is 337 g/mol. The molecule has 2 rings (SSSR count). The van der Waals surface area contributed by atoms with Crippen molar-refractivity contribution in [1.82, 2.24) is 4.90 Å². The Hall–Kier alpha value is -1.24. The Balaban J connectivity index is 2.20.